The number of carbonyl (C=O) groups is 1. The minimum absolute atomic E-state index is 0.159. The average molecular weight is 235 g/mol. The SMILES string of the molecule is CN1CCC(NC(=O)CCBr)C1. The van der Waals surface area contributed by atoms with E-state index in [1.165, 1.54) is 0 Å². The molecule has 0 aromatic carbocycles. The van der Waals surface area contributed by atoms with Crippen LogP contribution in [0.5, 0.6) is 0 Å². The summed E-state index contributed by atoms with van der Waals surface area (Å²) < 4.78 is 0. The summed E-state index contributed by atoms with van der Waals surface area (Å²) in [5.41, 5.74) is 0. The second-order valence-corrected chi connectivity index (χ2v) is 4.05. The van der Waals surface area contributed by atoms with Gasteiger partial charge in [-0.3, -0.25) is 4.79 Å². The largest absolute Gasteiger partial charge is 0.352 e. The summed E-state index contributed by atoms with van der Waals surface area (Å²) in [6.45, 7) is 2.09. The van der Waals surface area contributed by atoms with Crippen molar-refractivity contribution in [1.82, 2.24) is 10.2 Å². The van der Waals surface area contributed by atoms with Crippen LogP contribution in [0, 0.1) is 0 Å². The molecule has 1 atom stereocenters. The molecule has 0 spiro atoms. The van der Waals surface area contributed by atoms with Gasteiger partial charge in [0.25, 0.3) is 0 Å². The van der Waals surface area contributed by atoms with Gasteiger partial charge in [-0.1, -0.05) is 15.9 Å². The maximum Gasteiger partial charge on any atom is 0.221 e. The molecule has 1 fully saturated rings. The molecule has 70 valence electrons. The molecule has 1 N–H and O–H groups in total. The topological polar surface area (TPSA) is 32.3 Å². The molecule has 3 nitrogen and oxygen atoms in total. The van der Waals surface area contributed by atoms with E-state index in [1.807, 2.05) is 0 Å². The van der Waals surface area contributed by atoms with E-state index in [-0.39, 0.29) is 5.91 Å². The maximum atomic E-state index is 11.1. The number of nitrogens with one attached hydrogen (secondary N) is 1. The summed E-state index contributed by atoms with van der Waals surface area (Å²) in [4.78, 5) is 13.4. The Labute approximate surface area is 81.6 Å². The Kier molecular flexibility index (Phi) is 4.01. The molecule has 0 aromatic heterocycles. The standard InChI is InChI=1S/C8H15BrN2O/c1-11-5-3-7(6-11)10-8(12)2-4-9/h7H,2-6H2,1H3,(H,10,12). The molecule has 0 aliphatic carbocycles. The van der Waals surface area contributed by atoms with Crippen LogP contribution < -0.4 is 5.32 Å². The Morgan fingerprint density at radius 3 is 3.00 bits per heavy atom. The third-order valence-electron chi connectivity index (χ3n) is 2.08. The van der Waals surface area contributed by atoms with Crippen molar-refractivity contribution < 1.29 is 4.79 Å². The van der Waals surface area contributed by atoms with E-state index in [1.54, 1.807) is 0 Å². The molecule has 1 heterocycles. The van der Waals surface area contributed by atoms with Crippen LogP contribution in [0.1, 0.15) is 12.8 Å². The zero-order chi connectivity index (χ0) is 8.97. The van der Waals surface area contributed by atoms with Crippen molar-refractivity contribution in [3.05, 3.63) is 0 Å². The molecule has 0 saturated carbocycles. The molecule has 1 amide bonds. The predicted octanol–water partition coefficient (Wildman–Crippen LogP) is 0.592. The zero-order valence-electron chi connectivity index (χ0n) is 7.35. The highest BCUT2D eigenvalue weighted by molar-refractivity contribution is 9.09. The summed E-state index contributed by atoms with van der Waals surface area (Å²) in [6.07, 6.45) is 1.67. The number of carbonyl (C=O) groups excluding carboxylic acids is 1. The highest BCUT2D eigenvalue weighted by Gasteiger charge is 2.20. The Hall–Kier alpha value is -0.0900. The van der Waals surface area contributed by atoms with Gasteiger partial charge in [-0.15, -0.1) is 0 Å². The summed E-state index contributed by atoms with van der Waals surface area (Å²) >= 11 is 3.24. The summed E-state index contributed by atoms with van der Waals surface area (Å²) in [5, 5.41) is 3.75. The molecule has 1 aliphatic heterocycles. The van der Waals surface area contributed by atoms with Gasteiger partial charge < -0.3 is 10.2 Å². The van der Waals surface area contributed by atoms with Gasteiger partial charge in [-0.2, -0.15) is 0 Å². The van der Waals surface area contributed by atoms with E-state index >= 15 is 0 Å². The number of likely N-dealkylation sites (tertiary alicyclic amines) is 1. The Morgan fingerprint density at radius 1 is 1.75 bits per heavy atom. The van der Waals surface area contributed by atoms with Crippen molar-refractivity contribution in [2.75, 3.05) is 25.5 Å². The number of hydrogen-bond acceptors (Lipinski definition) is 2. The highest BCUT2D eigenvalue weighted by atomic mass is 79.9. The lowest BCUT2D eigenvalue weighted by Crippen LogP contribution is -2.36. The van der Waals surface area contributed by atoms with Crippen LogP contribution in [0.25, 0.3) is 0 Å². The normalized spacial score (nSPS) is 24.3. The van der Waals surface area contributed by atoms with Crippen LogP contribution in [0.15, 0.2) is 0 Å². The van der Waals surface area contributed by atoms with Gasteiger partial charge in [0.1, 0.15) is 0 Å². The summed E-state index contributed by atoms with van der Waals surface area (Å²) in [6, 6.07) is 0.376. The van der Waals surface area contributed by atoms with Crippen LogP contribution in [0.3, 0.4) is 0 Å². The number of alkyl halides is 1. The van der Waals surface area contributed by atoms with Gasteiger partial charge in [0.15, 0.2) is 0 Å². The van der Waals surface area contributed by atoms with E-state index in [0.717, 1.165) is 24.8 Å². The smallest absolute Gasteiger partial charge is 0.221 e. The zero-order valence-corrected chi connectivity index (χ0v) is 8.93. The first-order valence-electron chi connectivity index (χ1n) is 4.26. The number of hydrogen-bond donors (Lipinski definition) is 1. The Balaban J connectivity index is 2.18. The van der Waals surface area contributed by atoms with Crippen molar-refractivity contribution >= 4 is 21.8 Å². The number of rotatable bonds is 3. The lowest BCUT2D eigenvalue weighted by atomic mass is 10.2. The van der Waals surface area contributed by atoms with Crippen LogP contribution in [0.4, 0.5) is 0 Å². The molecule has 4 heteroatoms. The van der Waals surface area contributed by atoms with Crippen molar-refractivity contribution in [3.8, 4) is 0 Å². The Morgan fingerprint density at radius 2 is 2.50 bits per heavy atom. The second-order valence-electron chi connectivity index (χ2n) is 3.25. The first-order valence-corrected chi connectivity index (χ1v) is 5.38. The molecule has 1 rings (SSSR count). The molecule has 0 radical (unpaired) electrons. The predicted molar refractivity (Wildman–Crippen MR) is 52.5 cm³/mol. The average Bonchev–Trinajstić information content (AvgIpc) is 2.36. The summed E-state index contributed by atoms with van der Waals surface area (Å²) in [5.74, 6) is 0.159. The molecule has 12 heavy (non-hydrogen) atoms. The van der Waals surface area contributed by atoms with Gasteiger partial charge in [-0.05, 0) is 20.0 Å². The number of likely N-dealkylation sites (N-methyl/N-ethyl adjacent to an activating group) is 1. The van der Waals surface area contributed by atoms with Gasteiger partial charge >= 0.3 is 0 Å². The van der Waals surface area contributed by atoms with Crippen LogP contribution >= 0.6 is 15.9 Å². The molecule has 1 aliphatic rings. The van der Waals surface area contributed by atoms with Crippen LogP contribution in [-0.2, 0) is 4.79 Å². The fourth-order valence-electron chi connectivity index (χ4n) is 1.44. The number of halogens is 1. The van der Waals surface area contributed by atoms with Crippen LogP contribution in [-0.4, -0.2) is 42.3 Å². The monoisotopic (exact) mass is 234 g/mol. The minimum atomic E-state index is 0.159. The van der Waals surface area contributed by atoms with E-state index in [2.05, 4.69) is 33.2 Å². The van der Waals surface area contributed by atoms with Crippen molar-refractivity contribution in [2.24, 2.45) is 0 Å². The van der Waals surface area contributed by atoms with Crippen molar-refractivity contribution in [2.45, 2.75) is 18.9 Å². The van der Waals surface area contributed by atoms with E-state index in [0.29, 0.717) is 12.5 Å². The second kappa shape index (κ2) is 4.82. The molecular weight excluding hydrogens is 220 g/mol. The first kappa shape index (κ1) is 9.99. The van der Waals surface area contributed by atoms with E-state index in [9.17, 15) is 4.79 Å². The van der Waals surface area contributed by atoms with Crippen LogP contribution in [0.2, 0.25) is 0 Å². The van der Waals surface area contributed by atoms with Gasteiger partial charge in [0.05, 0.1) is 0 Å². The quantitative estimate of drug-likeness (QED) is 0.726. The minimum Gasteiger partial charge on any atom is -0.352 e. The Bertz CT molecular complexity index is 163. The lowest BCUT2D eigenvalue weighted by Gasteiger charge is -2.11. The number of nitrogens with zero attached hydrogens (tertiary/aromatic N) is 1. The lowest BCUT2D eigenvalue weighted by molar-refractivity contribution is -0.121. The van der Waals surface area contributed by atoms with Gasteiger partial charge in [0.2, 0.25) is 5.91 Å². The molecule has 0 aromatic rings. The third-order valence-corrected chi connectivity index (χ3v) is 2.47. The number of amides is 1. The summed E-state index contributed by atoms with van der Waals surface area (Å²) in [7, 11) is 2.08. The van der Waals surface area contributed by atoms with Crippen molar-refractivity contribution in [3.63, 3.8) is 0 Å². The van der Waals surface area contributed by atoms with Gasteiger partial charge in [0, 0.05) is 24.3 Å². The first-order chi connectivity index (χ1) is 5.72. The molecular formula is C8H15BrN2O. The molecule has 1 unspecified atom stereocenters. The fourth-order valence-corrected chi connectivity index (χ4v) is 1.80. The van der Waals surface area contributed by atoms with E-state index in [4.69, 9.17) is 0 Å². The van der Waals surface area contributed by atoms with Gasteiger partial charge in [-0.25, -0.2) is 0 Å². The molecule has 1 saturated heterocycles. The highest BCUT2D eigenvalue weighted by Crippen LogP contribution is 2.06. The fraction of sp³-hybridized carbons (Fsp3) is 0.875. The maximum absolute atomic E-state index is 11.1. The third kappa shape index (κ3) is 3.11. The van der Waals surface area contributed by atoms with E-state index < -0.39 is 0 Å². The molecule has 0 bridgehead atoms. The van der Waals surface area contributed by atoms with Crippen molar-refractivity contribution in [1.29, 1.82) is 0 Å².